The number of carbonyl (C=O) groups excluding carboxylic acids is 1. The highest BCUT2D eigenvalue weighted by molar-refractivity contribution is 9.09. The van der Waals surface area contributed by atoms with Crippen LogP contribution >= 0.6 is 27.5 Å². The van der Waals surface area contributed by atoms with Crippen molar-refractivity contribution in [2.75, 3.05) is 10.6 Å². The van der Waals surface area contributed by atoms with Gasteiger partial charge < -0.3 is 5.32 Å². The smallest absolute Gasteiger partial charge is 0.225 e. The zero-order chi connectivity index (χ0) is 10.6. The van der Waals surface area contributed by atoms with E-state index in [1.807, 2.05) is 0 Å². The Morgan fingerprint density at radius 2 is 2.29 bits per heavy atom. The number of carbonyl (C=O) groups is 1. The van der Waals surface area contributed by atoms with Crippen molar-refractivity contribution >= 4 is 39.1 Å². The minimum absolute atomic E-state index is 0.00152. The highest BCUT2D eigenvalue weighted by Crippen LogP contribution is 2.19. The predicted molar refractivity (Wildman–Crippen MR) is 58.5 cm³/mol. The molecule has 1 N–H and O–H groups in total. The molecular formula is C9H8BrClFNO. The van der Waals surface area contributed by atoms with E-state index in [-0.39, 0.29) is 10.9 Å². The number of anilines is 1. The molecule has 5 heteroatoms. The molecule has 1 amide bonds. The second-order valence-electron chi connectivity index (χ2n) is 2.62. The van der Waals surface area contributed by atoms with E-state index in [1.165, 1.54) is 18.2 Å². The van der Waals surface area contributed by atoms with Crippen molar-refractivity contribution < 1.29 is 9.18 Å². The third kappa shape index (κ3) is 3.27. The molecule has 0 atom stereocenters. The van der Waals surface area contributed by atoms with Crippen molar-refractivity contribution in [3.8, 4) is 0 Å². The third-order valence-electron chi connectivity index (χ3n) is 1.52. The molecule has 1 aromatic rings. The van der Waals surface area contributed by atoms with Gasteiger partial charge in [0.05, 0.1) is 5.02 Å². The van der Waals surface area contributed by atoms with Crippen LogP contribution in [-0.4, -0.2) is 11.2 Å². The first-order valence-corrected chi connectivity index (χ1v) is 5.44. The number of benzene rings is 1. The highest BCUT2D eigenvalue weighted by Gasteiger charge is 2.03. The van der Waals surface area contributed by atoms with Crippen LogP contribution in [0.25, 0.3) is 0 Å². The highest BCUT2D eigenvalue weighted by atomic mass is 79.9. The normalized spacial score (nSPS) is 9.93. The van der Waals surface area contributed by atoms with Crippen LogP contribution in [0.5, 0.6) is 0 Å². The number of alkyl halides is 1. The van der Waals surface area contributed by atoms with Gasteiger partial charge in [0.15, 0.2) is 0 Å². The molecule has 14 heavy (non-hydrogen) atoms. The molecule has 0 saturated heterocycles. The van der Waals surface area contributed by atoms with E-state index in [0.29, 0.717) is 17.4 Å². The number of amides is 1. The lowest BCUT2D eigenvalue weighted by atomic mass is 10.3. The molecule has 0 aliphatic heterocycles. The Hall–Kier alpha value is -0.610. The Morgan fingerprint density at radius 1 is 1.57 bits per heavy atom. The second kappa shape index (κ2) is 5.32. The summed E-state index contributed by atoms with van der Waals surface area (Å²) in [5.41, 5.74) is 0.502. The molecule has 0 aliphatic rings. The number of hydrogen-bond acceptors (Lipinski definition) is 1. The predicted octanol–water partition coefficient (Wildman–Crippen LogP) is 3.20. The minimum Gasteiger partial charge on any atom is -0.326 e. The van der Waals surface area contributed by atoms with Gasteiger partial charge in [0.25, 0.3) is 0 Å². The summed E-state index contributed by atoms with van der Waals surface area (Å²) in [6.45, 7) is 0. The van der Waals surface area contributed by atoms with Gasteiger partial charge in [0, 0.05) is 17.4 Å². The lowest BCUT2D eigenvalue weighted by molar-refractivity contribution is -0.115. The maximum absolute atomic E-state index is 12.7. The molecule has 0 fully saturated rings. The standard InChI is InChI=1S/C9H8BrClFNO/c10-4-3-9(14)13-6-1-2-8(12)7(11)5-6/h1-2,5H,3-4H2,(H,13,14). The summed E-state index contributed by atoms with van der Waals surface area (Å²) in [7, 11) is 0. The van der Waals surface area contributed by atoms with Crippen molar-refractivity contribution in [3.63, 3.8) is 0 Å². The molecular weight excluding hydrogens is 272 g/mol. The van der Waals surface area contributed by atoms with Crippen molar-refractivity contribution in [2.45, 2.75) is 6.42 Å². The maximum Gasteiger partial charge on any atom is 0.225 e. The van der Waals surface area contributed by atoms with Crippen LogP contribution < -0.4 is 5.32 Å². The van der Waals surface area contributed by atoms with Crippen molar-refractivity contribution in [1.82, 2.24) is 0 Å². The third-order valence-corrected chi connectivity index (χ3v) is 2.21. The molecule has 0 aromatic heterocycles. The molecule has 0 aliphatic carbocycles. The van der Waals surface area contributed by atoms with Gasteiger partial charge in [-0.05, 0) is 18.2 Å². The number of rotatable bonds is 3. The van der Waals surface area contributed by atoms with Gasteiger partial charge in [0.1, 0.15) is 5.82 Å². The summed E-state index contributed by atoms with van der Waals surface area (Å²) >= 11 is 8.68. The maximum atomic E-state index is 12.7. The van der Waals surface area contributed by atoms with Crippen LogP contribution in [0.15, 0.2) is 18.2 Å². The lowest BCUT2D eigenvalue weighted by Crippen LogP contribution is -2.11. The van der Waals surface area contributed by atoms with E-state index in [1.54, 1.807) is 0 Å². The van der Waals surface area contributed by atoms with Gasteiger partial charge >= 0.3 is 0 Å². The van der Waals surface area contributed by atoms with Crippen LogP contribution in [0.2, 0.25) is 5.02 Å². The van der Waals surface area contributed by atoms with Gasteiger partial charge in [-0.1, -0.05) is 27.5 Å². The molecule has 0 saturated carbocycles. The Labute approximate surface area is 94.6 Å². The molecule has 1 aromatic carbocycles. The van der Waals surface area contributed by atoms with Crippen LogP contribution in [-0.2, 0) is 4.79 Å². The number of nitrogens with one attached hydrogen (secondary N) is 1. The first-order valence-electron chi connectivity index (χ1n) is 3.94. The summed E-state index contributed by atoms with van der Waals surface area (Å²) in [5.74, 6) is -0.630. The molecule has 76 valence electrons. The zero-order valence-electron chi connectivity index (χ0n) is 7.19. The molecule has 0 radical (unpaired) electrons. The largest absolute Gasteiger partial charge is 0.326 e. The molecule has 0 heterocycles. The summed E-state index contributed by atoms with van der Waals surface area (Å²) in [4.78, 5) is 11.1. The fourth-order valence-electron chi connectivity index (χ4n) is 0.883. The minimum atomic E-state index is -0.495. The van der Waals surface area contributed by atoms with E-state index < -0.39 is 5.82 Å². The summed E-state index contributed by atoms with van der Waals surface area (Å²) < 4.78 is 12.7. The van der Waals surface area contributed by atoms with E-state index in [9.17, 15) is 9.18 Å². The van der Waals surface area contributed by atoms with E-state index in [4.69, 9.17) is 11.6 Å². The Morgan fingerprint density at radius 3 is 2.86 bits per heavy atom. The Bertz CT molecular complexity index is 346. The van der Waals surface area contributed by atoms with Crippen molar-refractivity contribution in [1.29, 1.82) is 0 Å². The summed E-state index contributed by atoms with van der Waals surface area (Å²) in [5, 5.41) is 3.18. The average Bonchev–Trinajstić information content (AvgIpc) is 2.12. The first kappa shape index (κ1) is 11.5. The summed E-state index contributed by atoms with van der Waals surface area (Å²) in [6, 6.07) is 4.06. The second-order valence-corrected chi connectivity index (χ2v) is 3.82. The summed E-state index contributed by atoms with van der Waals surface area (Å²) in [6.07, 6.45) is 0.370. The molecule has 2 nitrogen and oxygen atoms in total. The molecule has 0 bridgehead atoms. The topological polar surface area (TPSA) is 29.1 Å². The van der Waals surface area contributed by atoms with E-state index >= 15 is 0 Å². The van der Waals surface area contributed by atoms with Gasteiger partial charge in [0.2, 0.25) is 5.91 Å². The lowest BCUT2D eigenvalue weighted by Gasteiger charge is -2.04. The van der Waals surface area contributed by atoms with Crippen LogP contribution in [0.3, 0.4) is 0 Å². The molecule has 0 unspecified atom stereocenters. The van der Waals surface area contributed by atoms with Crippen LogP contribution in [0.4, 0.5) is 10.1 Å². The number of hydrogen-bond donors (Lipinski definition) is 1. The fourth-order valence-corrected chi connectivity index (χ4v) is 1.42. The molecule has 0 spiro atoms. The SMILES string of the molecule is O=C(CCBr)Nc1ccc(F)c(Cl)c1. The Balaban J connectivity index is 2.68. The van der Waals surface area contributed by atoms with Gasteiger partial charge in [-0.25, -0.2) is 4.39 Å². The van der Waals surface area contributed by atoms with E-state index in [2.05, 4.69) is 21.2 Å². The van der Waals surface area contributed by atoms with Gasteiger partial charge in [-0.3, -0.25) is 4.79 Å². The van der Waals surface area contributed by atoms with Crippen molar-refractivity contribution in [2.24, 2.45) is 0 Å². The zero-order valence-corrected chi connectivity index (χ0v) is 9.53. The quantitative estimate of drug-likeness (QED) is 0.847. The monoisotopic (exact) mass is 279 g/mol. The Kier molecular flexibility index (Phi) is 4.35. The first-order chi connectivity index (χ1) is 6.63. The van der Waals surface area contributed by atoms with Gasteiger partial charge in [-0.2, -0.15) is 0 Å². The van der Waals surface area contributed by atoms with Crippen LogP contribution in [0, 0.1) is 5.82 Å². The van der Waals surface area contributed by atoms with E-state index in [0.717, 1.165) is 0 Å². The number of halogens is 3. The average molecular weight is 281 g/mol. The van der Waals surface area contributed by atoms with Crippen LogP contribution in [0.1, 0.15) is 6.42 Å². The molecule has 1 rings (SSSR count). The van der Waals surface area contributed by atoms with Gasteiger partial charge in [-0.15, -0.1) is 0 Å². The van der Waals surface area contributed by atoms with Crippen molar-refractivity contribution in [3.05, 3.63) is 29.0 Å². The fraction of sp³-hybridized carbons (Fsp3) is 0.222.